The summed E-state index contributed by atoms with van der Waals surface area (Å²) < 4.78 is 5.41. The van der Waals surface area contributed by atoms with E-state index < -0.39 is 0 Å². The summed E-state index contributed by atoms with van der Waals surface area (Å²) in [6.07, 6.45) is 6.63. The van der Waals surface area contributed by atoms with Gasteiger partial charge in [-0.05, 0) is 37.8 Å². The van der Waals surface area contributed by atoms with Gasteiger partial charge in [-0.2, -0.15) is 0 Å². The SMILES string of the molecule is O=c1n(CCSc2nnc(N3CCCC3)n2C2CC2)nc2ccccn12. The number of hydrogen-bond donors (Lipinski definition) is 0. The number of aromatic nitrogens is 6. The molecule has 1 aliphatic carbocycles. The van der Waals surface area contributed by atoms with Crippen LogP contribution in [-0.2, 0) is 6.54 Å². The summed E-state index contributed by atoms with van der Waals surface area (Å²) in [5, 5.41) is 14.3. The standard InChI is InChI=1S/C17H21N7OS/c25-17-22-10-2-1-5-14(22)20-23(17)11-12-26-16-19-18-15(21-8-3-4-9-21)24(16)13-6-7-13/h1-2,5,10,13H,3-4,6-9,11-12H2. The van der Waals surface area contributed by atoms with Crippen LogP contribution in [0.4, 0.5) is 5.95 Å². The van der Waals surface area contributed by atoms with Crippen LogP contribution >= 0.6 is 11.8 Å². The fourth-order valence-electron chi connectivity index (χ4n) is 3.49. The molecule has 2 fully saturated rings. The molecule has 136 valence electrons. The lowest BCUT2D eigenvalue weighted by Crippen LogP contribution is -2.22. The van der Waals surface area contributed by atoms with E-state index in [2.05, 4.69) is 24.8 Å². The molecule has 3 aromatic rings. The van der Waals surface area contributed by atoms with Crippen LogP contribution in [0.2, 0.25) is 0 Å². The van der Waals surface area contributed by atoms with Gasteiger partial charge in [-0.3, -0.25) is 8.97 Å². The predicted molar refractivity (Wildman–Crippen MR) is 99.9 cm³/mol. The Balaban J connectivity index is 1.32. The molecule has 5 rings (SSSR count). The van der Waals surface area contributed by atoms with Gasteiger partial charge in [0.05, 0.1) is 6.54 Å². The van der Waals surface area contributed by atoms with Crippen molar-refractivity contribution in [3.8, 4) is 0 Å². The van der Waals surface area contributed by atoms with Gasteiger partial charge in [0.2, 0.25) is 5.95 Å². The zero-order valence-corrected chi connectivity index (χ0v) is 15.3. The van der Waals surface area contributed by atoms with Gasteiger partial charge in [0.15, 0.2) is 10.8 Å². The molecule has 9 heteroatoms. The second kappa shape index (κ2) is 6.46. The molecule has 0 radical (unpaired) electrons. The molecule has 3 aromatic heterocycles. The summed E-state index contributed by atoms with van der Waals surface area (Å²) in [5.41, 5.74) is 0.586. The fourth-order valence-corrected chi connectivity index (χ4v) is 4.41. The molecular formula is C17H21N7OS. The Kier molecular flexibility index (Phi) is 3.96. The highest BCUT2D eigenvalue weighted by atomic mass is 32.2. The minimum Gasteiger partial charge on any atom is -0.341 e. The van der Waals surface area contributed by atoms with Crippen molar-refractivity contribution in [3.63, 3.8) is 0 Å². The van der Waals surface area contributed by atoms with Gasteiger partial charge in [-0.25, -0.2) is 9.48 Å². The molecule has 0 aromatic carbocycles. The summed E-state index contributed by atoms with van der Waals surface area (Å²) in [6, 6.07) is 6.12. The molecule has 2 aliphatic rings. The highest BCUT2D eigenvalue weighted by Crippen LogP contribution is 2.41. The number of anilines is 1. The van der Waals surface area contributed by atoms with Gasteiger partial charge >= 0.3 is 5.69 Å². The van der Waals surface area contributed by atoms with Crippen molar-refractivity contribution in [3.05, 3.63) is 34.9 Å². The number of fused-ring (bicyclic) bond motifs is 1. The van der Waals surface area contributed by atoms with Crippen molar-refractivity contribution < 1.29 is 0 Å². The van der Waals surface area contributed by atoms with E-state index in [1.54, 1.807) is 22.4 Å². The topological polar surface area (TPSA) is 73.2 Å². The van der Waals surface area contributed by atoms with Gasteiger partial charge in [0, 0.05) is 31.1 Å². The van der Waals surface area contributed by atoms with E-state index in [0.717, 1.165) is 29.9 Å². The second-order valence-corrected chi connectivity index (χ2v) is 7.92. The molecule has 4 heterocycles. The molecule has 0 N–H and O–H groups in total. The van der Waals surface area contributed by atoms with Gasteiger partial charge in [0.25, 0.3) is 0 Å². The van der Waals surface area contributed by atoms with Crippen molar-refractivity contribution in [2.45, 2.75) is 43.4 Å². The van der Waals surface area contributed by atoms with Crippen LogP contribution in [0.25, 0.3) is 5.65 Å². The number of pyridine rings is 1. The first-order valence-electron chi connectivity index (χ1n) is 9.18. The smallest absolute Gasteiger partial charge is 0.341 e. The van der Waals surface area contributed by atoms with E-state index in [4.69, 9.17) is 0 Å². The minimum atomic E-state index is -0.0948. The summed E-state index contributed by atoms with van der Waals surface area (Å²) in [4.78, 5) is 14.7. The van der Waals surface area contributed by atoms with Crippen molar-refractivity contribution in [1.29, 1.82) is 0 Å². The summed E-state index contributed by atoms with van der Waals surface area (Å²) in [5.74, 6) is 1.77. The minimum absolute atomic E-state index is 0.0948. The highest BCUT2D eigenvalue weighted by molar-refractivity contribution is 7.99. The molecule has 0 unspecified atom stereocenters. The maximum absolute atomic E-state index is 12.3. The third-order valence-corrected chi connectivity index (χ3v) is 5.89. The van der Waals surface area contributed by atoms with Gasteiger partial charge in [-0.1, -0.05) is 17.8 Å². The zero-order valence-electron chi connectivity index (χ0n) is 14.5. The van der Waals surface area contributed by atoms with Gasteiger partial charge in [0.1, 0.15) is 0 Å². The van der Waals surface area contributed by atoms with Gasteiger partial charge in [-0.15, -0.1) is 15.3 Å². The maximum atomic E-state index is 12.3. The maximum Gasteiger partial charge on any atom is 0.350 e. The predicted octanol–water partition coefficient (Wildman–Crippen LogP) is 1.81. The van der Waals surface area contributed by atoms with Crippen molar-refractivity contribution in [2.24, 2.45) is 0 Å². The average molecular weight is 371 g/mol. The lowest BCUT2D eigenvalue weighted by atomic mass is 10.4. The molecule has 26 heavy (non-hydrogen) atoms. The number of nitrogens with zero attached hydrogens (tertiary/aromatic N) is 7. The van der Waals surface area contributed by atoms with Crippen LogP contribution in [0.1, 0.15) is 31.7 Å². The number of thioether (sulfide) groups is 1. The van der Waals surface area contributed by atoms with Gasteiger partial charge < -0.3 is 4.90 Å². The van der Waals surface area contributed by atoms with Crippen LogP contribution in [0.15, 0.2) is 34.3 Å². The molecular weight excluding hydrogens is 350 g/mol. The van der Waals surface area contributed by atoms with E-state index in [1.807, 2.05) is 18.2 Å². The average Bonchev–Trinajstić information content (AvgIpc) is 3.07. The Morgan fingerprint density at radius 3 is 2.77 bits per heavy atom. The Labute approximate surface area is 154 Å². The fraction of sp³-hybridized carbons (Fsp3) is 0.529. The molecule has 0 atom stereocenters. The Morgan fingerprint density at radius 1 is 1.15 bits per heavy atom. The van der Waals surface area contributed by atoms with Crippen molar-refractivity contribution >= 4 is 23.4 Å². The Hall–Kier alpha value is -2.29. The first-order chi connectivity index (χ1) is 12.8. The Morgan fingerprint density at radius 2 is 2.00 bits per heavy atom. The molecule has 0 amide bonds. The Bertz CT molecular complexity index is 981. The second-order valence-electron chi connectivity index (χ2n) is 6.86. The van der Waals surface area contributed by atoms with Crippen molar-refractivity contribution in [1.82, 2.24) is 28.9 Å². The summed E-state index contributed by atoms with van der Waals surface area (Å²) in [7, 11) is 0. The first-order valence-corrected chi connectivity index (χ1v) is 10.2. The molecule has 1 aliphatic heterocycles. The number of rotatable bonds is 6. The quantitative estimate of drug-likeness (QED) is 0.616. The molecule has 1 saturated heterocycles. The lowest BCUT2D eigenvalue weighted by molar-refractivity contribution is 0.632. The third-order valence-electron chi connectivity index (χ3n) is 4.97. The van der Waals surface area contributed by atoms with Crippen LogP contribution in [0, 0.1) is 0 Å². The van der Waals surface area contributed by atoms with E-state index in [1.165, 1.54) is 30.4 Å². The number of aryl methyl sites for hydroxylation is 1. The molecule has 0 spiro atoms. The molecule has 0 bridgehead atoms. The molecule has 1 saturated carbocycles. The molecule has 8 nitrogen and oxygen atoms in total. The van der Waals surface area contributed by atoms with E-state index in [9.17, 15) is 4.79 Å². The van der Waals surface area contributed by atoms with Crippen LogP contribution < -0.4 is 10.6 Å². The summed E-state index contributed by atoms with van der Waals surface area (Å²) >= 11 is 1.66. The highest BCUT2D eigenvalue weighted by Gasteiger charge is 2.32. The van der Waals surface area contributed by atoms with Crippen LogP contribution in [-0.4, -0.2) is 47.8 Å². The summed E-state index contributed by atoms with van der Waals surface area (Å²) in [6.45, 7) is 2.71. The van der Waals surface area contributed by atoms with E-state index >= 15 is 0 Å². The number of hydrogen-bond acceptors (Lipinski definition) is 6. The normalized spacial score (nSPS) is 17.5. The largest absolute Gasteiger partial charge is 0.350 e. The zero-order chi connectivity index (χ0) is 17.5. The van der Waals surface area contributed by atoms with Crippen molar-refractivity contribution in [2.75, 3.05) is 23.7 Å². The van der Waals surface area contributed by atoms with Crippen LogP contribution in [0.5, 0.6) is 0 Å². The van der Waals surface area contributed by atoms with E-state index in [-0.39, 0.29) is 5.69 Å². The monoisotopic (exact) mass is 371 g/mol. The van der Waals surface area contributed by atoms with Crippen LogP contribution in [0.3, 0.4) is 0 Å². The lowest BCUT2D eigenvalue weighted by Gasteiger charge is -2.17. The third kappa shape index (κ3) is 2.80. The first kappa shape index (κ1) is 15.9. The van der Waals surface area contributed by atoms with E-state index in [0.29, 0.717) is 18.2 Å².